The zero-order valence-corrected chi connectivity index (χ0v) is 13.8. The number of hydrogen-bond acceptors (Lipinski definition) is 5. The van der Waals surface area contributed by atoms with Crippen molar-refractivity contribution in [2.75, 3.05) is 19.5 Å². The van der Waals surface area contributed by atoms with E-state index in [0.717, 1.165) is 38.3 Å². The summed E-state index contributed by atoms with van der Waals surface area (Å²) in [5, 5.41) is 5.73. The van der Waals surface area contributed by atoms with Crippen molar-refractivity contribution in [2.24, 2.45) is 5.92 Å². The monoisotopic (exact) mass is 330 g/mol. The molecule has 3 heterocycles. The minimum absolute atomic E-state index is 0.0479. The Labute approximate surface area is 137 Å². The fraction of sp³-hybridized carbons (Fsp3) is 0.438. The van der Waals surface area contributed by atoms with Gasteiger partial charge in [0, 0.05) is 24.4 Å². The van der Waals surface area contributed by atoms with E-state index in [-0.39, 0.29) is 5.56 Å². The van der Waals surface area contributed by atoms with Crippen LogP contribution in [0.3, 0.4) is 0 Å². The normalized spacial score (nSPS) is 18.2. The molecule has 0 amide bonds. The van der Waals surface area contributed by atoms with Crippen molar-refractivity contribution in [3.8, 4) is 0 Å². The lowest BCUT2D eigenvalue weighted by Crippen LogP contribution is -2.31. The average molecular weight is 330 g/mol. The zero-order valence-electron chi connectivity index (χ0n) is 12.9. The third-order valence-electron chi connectivity index (χ3n) is 4.14. The van der Waals surface area contributed by atoms with Crippen molar-refractivity contribution in [3.05, 3.63) is 34.8 Å². The molecule has 2 aliphatic rings. The Kier molecular flexibility index (Phi) is 3.82. The first kappa shape index (κ1) is 14.7. The van der Waals surface area contributed by atoms with E-state index in [4.69, 9.17) is 4.74 Å². The molecule has 6 nitrogen and oxygen atoms in total. The zero-order chi connectivity index (χ0) is 15.8. The van der Waals surface area contributed by atoms with Crippen LogP contribution in [-0.2, 0) is 11.3 Å². The molecule has 0 N–H and O–H groups in total. The Morgan fingerprint density at radius 1 is 1.39 bits per heavy atom. The summed E-state index contributed by atoms with van der Waals surface area (Å²) in [6.07, 6.45) is 11.9. The van der Waals surface area contributed by atoms with Crippen LogP contribution in [-0.4, -0.2) is 38.8 Å². The third-order valence-corrected chi connectivity index (χ3v) is 4.78. The first-order valence-corrected chi connectivity index (χ1v) is 8.98. The Morgan fingerprint density at radius 2 is 2.26 bits per heavy atom. The van der Waals surface area contributed by atoms with Gasteiger partial charge in [-0.05, 0) is 25.2 Å². The van der Waals surface area contributed by atoms with E-state index in [1.165, 1.54) is 11.8 Å². The fourth-order valence-corrected chi connectivity index (χ4v) is 3.42. The van der Waals surface area contributed by atoms with E-state index in [1.807, 2.05) is 23.2 Å². The van der Waals surface area contributed by atoms with Crippen LogP contribution in [0.2, 0.25) is 0 Å². The molecule has 0 unspecified atom stereocenters. The molecule has 1 aliphatic heterocycles. The molecule has 0 atom stereocenters. The molecule has 120 valence electrons. The summed E-state index contributed by atoms with van der Waals surface area (Å²) in [6, 6.07) is 0. The van der Waals surface area contributed by atoms with Gasteiger partial charge in [0.25, 0.3) is 5.56 Å². The van der Waals surface area contributed by atoms with E-state index < -0.39 is 0 Å². The molecule has 2 aromatic heterocycles. The second-order valence-electron chi connectivity index (χ2n) is 5.84. The highest BCUT2D eigenvalue weighted by Gasteiger charge is 2.21. The number of allylic oxidation sites excluding steroid dienone is 4. The van der Waals surface area contributed by atoms with E-state index in [9.17, 15) is 4.79 Å². The highest BCUT2D eigenvalue weighted by molar-refractivity contribution is 7.98. The van der Waals surface area contributed by atoms with Gasteiger partial charge in [-0.1, -0.05) is 23.9 Å². The van der Waals surface area contributed by atoms with Gasteiger partial charge in [-0.3, -0.25) is 14.0 Å². The van der Waals surface area contributed by atoms with Crippen LogP contribution in [0.4, 0.5) is 0 Å². The van der Waals surface area contributed by atoms with Crippen molar-refractivity contribution in [1.82, 2.24) is 19.3 Å². The molecule has 0 bridgehead atoms. The van der Waals surface area contributed by atoms with Crippen molar-refractivity contribution >= 4 is 28.5 Å². The van der Waals surface area contributed by atoms with Crippen molar-refractivity contribution in [1.29, 1.82) is 0 Å². The quantitative estimate of drug-likeness (QED) is 0.635. The standard InChI is InChI=1S/C16H18N4O2S/c1-23-16-17-14-13(8-19(18-14)7-11-9-22-10-11)15(21)20(16)12-5-3-2-4-6-12/h3,5-6,8,11H,2,4,7,9-10H2,1H3. The van der Waals surface area contributed by atoms with Crippen LogP contribution in [0, 0.1) is 5.92 Å². The number of aromatic nitrogens is 4. The minimum atomic E-state index is -0.0479. The van der Waals surface area contributed by atoms with Crippen LogP contribution in [0.15, 0.2) is 34.4 Å². The molecule has 0 aromatic carbocycles. The van der Waals surface area contributed by atoms with Gasteiger partial charge in [0.05, 0.1) is 13.2 Å². The SMILES string of the molecule is CSc1nc2nn(CC3COC3)cc2c(=O)n1C1=CCCC=C1. The minimum Gasteiger partial charge on any atom is -0.381 e. The van der Waals surface area contributed by atoms with Crippen LogP contribution in [0.25, 0.3) is 16.7 Å². The molecular formula is C16H18N4O2S. The predicted octanol–water partition coefficient (Wildman–Crippen LogP) is 2.15. The summed E-state index contributed by atoms with van der Waals surface area (Å²) in [5.41, 5.74) is 1.38. The summed E-state index contributed by atoms with van der Waals surface area (Å²) in [7, 11) is 0. The summed E-state index contributed by atoms with van der Waals surface area (Å²) in [4.78, 5) is 17.5. The lowest BCUT2D eigenvalue weighted by molar-refractivity contribution is -0.0407. The van der Waals surface area contributed by atoms with E-state index in [0.29, 0.717) is 22.1 Å². The highest BCUT2D eigenvalue weighted by Crippen LogP contribution is 2.22. The molecule has 23 heavy (non-hydrogen) atoms. The van der Waals surface area contributed by atoms with Gasteiger partial charge in [0.2, 0.25) is 0 Å². The highest BCUT2D eigenvalue weighted by atomic mass is 32.2. The largest absolute Gasteiger partial charge is 0.381 e. The van der Waals surface area contributed by atoms with Gasteiger partial charge in [-0.2, -0.15) is 5.10 Å². The molecule has 4 rings (SSSR count). The van der Waals surface area contributed by atoms with Crippen molar-refractivity contribution in [2.45, 2.75) is 24.5 Å². The molecule has 0 radical (unpaired) electrons. The van der Waals surface area contributed by atoms with E-state index in [1.54, 1.807) is 4.57 Å². The molecule has 0 spiro atoms. The van der Waals surface area contributed by atoms with Crippen LogP contribution < -0.4 is 5.56 Å². The Bertz CT molecular complexity index is 861. The lowest BCUT2D eigenvalue weighted by atomic mass is 10.1. The van der Waals surface area contributed by atoms with Crippen molar-refractivity contribution < 1.29 is 4.74 Å². The van der Waals surface area contributed by atoms with Crippen molar-refractivity contribution in [3.63, 3.8) is 0 Å². The number of fused-ring (bicyclic) bond motifs is 1. The number of thioether (sulfide) groups is 1. The van der Waals surface area contributed by atoms with Gasteiger partial charge < -0.3 is 4.74 Å². The Balaban J connectivity index is 1.82. The van der Waals surface area contributed by atoms with Crippen LogP contribution in [0.1, 0.15) is 12.8 Å². The Morgan fingerprint density at radius 3 is 2.91 bits per heavy atom. The first-order chi connectivity index (χ1) is 11.3. The van der Waals surface area contributed by atoms with Gasteiger partial charge >= 0.3 is 0 Å². The molecule has 1 saturated heterocycles. The summed E-state index contributed by atoms with van der Waals surface area (Å²) in [6.45, 7) is 2.30. The molecular weight excluding hydrogens is 312 g/mol. The summed E-state index contributed by atoms with van der Waals surface area (Å²) < 4.78 is 8.72. The second kappa shape index (κ2) is 5.98. The van der Waals surface area contributed by atoms with Gasteiger partial charge in [-0.15, -0.1) is 0 Å². The van der Waals surface area contributed by atoms with Gasteiger partial charge in [0.1, 0.15) is 5.39 Å². The predicted molar refractivity (Wildman–Crippen MR) is 90.5 cm³/mol. The first-order valence-electron chi connectivity index (χ1n) is 7.75. The number of hydrogen-bond donors (Lipinski definition) is 0. The average Bonchev–Trinajstić information content (AvgIpc) is 2.95. The van der Waals surface area contributed by atoms with Gasteiger partial charge in [0.15, 0.2) is 10.8 Å². The molecule has 1 fully saturated rings. The van der Waals surface area contributed by atoms with Crippen LogP contribution >= 0.6 is 11.8 Å². The van der Waals surface area contributed by atoms with Crippen LogP contribution in [0.5, 0.6) is 0 Å². The topological polar surface area (TPSA) is 61.9 Å². The Hall–Kier alpha value is -1.86. The fourth-order valence-electron chi connectivity index (χ4n) is 2.87. The number of ether oxygens (including phenoxy) is 1. The maximum absolute atomic E-state index is 12.9. The molecule has 7 heteroatoms. The summed E-state index contributed by atoms with van der Waals surface area (Å²) >= 11 is 1.46. The number of nitrogens with zero attached hydrogens (tertiary/aromatic N) is 4. The maximum Gasteiger partial charge on any atom is 0.269 e. The number of rotatable bonds is 4. The molecule has 0 saturated carbocycles. The lowest BCUT2D eigenvalue weighted by Gasteiger charge is -2.25. The third kappa shape index (κ3) is 2.64. The maximum atomic E-state index is 12.9. The van der Waals surface area contributed by atoms with Gasteiger partial charge in [-0.25, -0.2) is 4.98 Å². The smallest absolute Gasteiger partial charge is 0.269 e. The van der Waals surface area contributed by atoms with E-state index in [2.05, 4.69) is 22.2 Å². The molecule has 2 aromatic rings. The summed E-state index contributed by atoms with van der Waals surface area (Å²) in [5.74, 6) is 0.482. The molecule has 1 aliphatic carbocycles. The van der Waals surface area contributed by atoms with E-state index >= 15 is 0 Å². The second-order valence-corrected chi connectivity index (χ2v) is 6.61.